The molecular weight excluding hydrogens is 401 g/mol. The molecule has 2 aromatic rings. The lowest BCUT2D eigenvalue weighted by Gasteiger charge is -2.22. The minimum Gasteiger partial charge on any atom is -0.484 e. The normalized spacial score (nSPS) is 10.9. The van der Waals surface area contributed by atoms with Crippen molar-refractivity contribution in [1.29, 1.82) is 0 Å². The number of nitrogens with zero attached hydrogens (tertiary/aromatic N) is 3. The van der Waals surface area contributed by atoms with E-state index < -0.39 is 12.8 Å². The van der Waals surface area contributed by atoms with Crippen LogP contribution in [-0.4, -0.2) is 53.0 Å². The lowest BCUT2D eigenvalue weighted by molar-refractivity contribution is -0.153. The fraction of sp³-hybridized carbons (Fsp3) is 0.250. The maximum absolute atomic E-state index is 12.3. The van der Waals surface area contributed by atoms with Crippen molar-refractivity contribution in [3.05, 3.63) is 42.0 Å². The topological polar surface area (TPSA) is 75.5 Å². The van der Waals surface area contributed by atoms with E-state index in [1.54, 1.807) is 25.2 Å². The molecule has 0 unspecified atom stereocenters. The number of anilines is 1. The van der Waals surface area contributed by atoms with Gasteiger partial charge < -0.3 is 14.4 Å². The highest BCUT2D eigenvalue weighted by Crippen LogP contribution is 2.32. The van der Waals surface area contributed by atoms with Crippen molar-refractivity contribution in [2.24, 2.45) is 9.98 Å². The molecule has 0 bridgehead atoms. The SMILES string of the molecule is C=Nc1ccc(OCC(F)(F)F)cc1OCNCN(C)c1ccc(C=O)cc1N=C. The molecule has 0 saturated heterocycles. The molecule has 10 heteroatoms. The fourth-order valence-corrected chi connectivity index (χ4v) is 2.49. The maximum Gasteiger partial charge on any atom is 0.422 e. The first-order valence-electron chi connectivity index (χ1n) is 8.68. The highest BCUT2D eigenvalue weighted by Gasteiger charge is 2.28. The minimum atomic E-state index is -4.44. The number of alkyl halides is 3. The van der Waals surface area contributed by atoms with E-state index in [4.69, 9.17) is 9.47 Å². The molecule has 0 aliphatic carbocycles. The summed E-state index contributed by atoms with van der Waals surface area (Å²) in [6.45, 7) is 5.91. The first-order chi connectivity index (χ1) is 14.3. The molecule has 7 nitrogen and oxygen atoms in total. The van der Waals surface area contributed by atoms with E-state index in [0.29, 0.717) is 23.6 Å². The lowest BCUT2D eigenvalue weighted by atomic mass is 10.2. The Balaban J connectivity index is 1.95. The number of ether oxygens (including phenoxy) is 2. The molecule has 0 aliphatic heterocycles. The second kappa shape index (κ2) is 10.4. The van der Waals surface area contributed by atoms with Crippen LogP contribution in [0.2, 0.25) is 0 Å². The first-order valence-corrected chi connectivity index (χ1v) is 8.68. The Kier molecular flexibility index (Phi) is 7.93. The number of benzene rings is 2. The number of aldehydes is 1. The summed E-state index contributed by atoms with van der Waals surface area (Å²) in [5, 5.41) is 3.03. The van der Waals surface area contributed by atoms with Gasteiger partial charge in [0.05, 0.1) is 18.0 Å². The standard InChI is InChI=1S/C20H21F3N4O3/c1-24-16-6-5-15(29-11-20(21,22)23)9-19(16)30-13-26-12-27(3)18-7-4-14(10-28)8-17(18)25-2/h4-10,26H,1-2,11-13H2,3H3. The maximum atomic E-state index is 12.3. The van der Waals surface area contributed by atoms with Crippen LogP contribution in [0, 0.1) is 0 Å². The summed E-state index contributed by atoms with van der Waals surface area (Å²) in [5.74, 6) is 0.229. The van der Waals surface area contributed by atoms with E-state index in [-0.39, 0.29) is 18.2 Å². The van der Waals surface area contributed by atoms with Crippen LogP contribution in [0.1, 0.15) is 10.4 Å². The summed E-state index contributed by atoms with van der Waals surface area (Å²) < 4.78 is 47.2. The molecule has 0 aromatic heterocycles. The molecule has 1 N–H and O–H groups in total. The van der Waals surface area contributed by atoms with Crippen molar-refractivity contribution in [2.75, 3.05) is 32.0 Å². The molecule has 0 amide bonds. The molecule has 0 atom stereocenters. The van der Waals surface area contributed by atoms with E-state index in [1.165, 1.54) is 18.2 Å². The van der Waals surface area contributed by atoms with Gasteiger partial charge in [-0.1, -0.05) is 0 Å². The Morgan fingerprint density at radius 3 is 2.47 bits per heavy atom. The molecule has 30 heavy (non-hydrogen) atoms. The monoisotopic (exact) mass is 422 g/mol. The van der Waals surface area contributed by atoms with Gasteiger partial charge in [0, 0.05) is 18.7 Å². The molecule has 0 fully saturated rings. The van der Waals surface area contributed by atoms with Crippen LogP contribution in [0.4, 0.5) is 30.2 Å². The van der Waals surface area contributed by atoms with Crippen molar-refractivity contribution in [2.45, 2.75) is 6.18 Å². The molecule has 0 aliphatic rings. The van der Waals surface area contributed by atoms with Gasteiger partial charge in [0.2, 0.25) is 0 Å². The van der Waals surface area contributed by atoms with Gasteiger partial charge in [-0.05, 0) is 43.8 Å². The molecule has 0 heterocycles. The third-order valence-corrected chi connectivity index (χ3v) is 3.90. The molecular formula is C20H21F3N4O3. The summed E-state index contributed by atoms with van der Waals surface area (Å²) in [5.41, 5.74) is 2.16. The van der Waals surface area contributed by atoms with Gasteiger partial charge >= 0.3 is 6.18 Å². The Bertz CT molecular complexity index is 903. The second-order valence-corrected chi connectivity index (χ2v) is 6.11. The number of nitrogens with one attached hydrogen (secondary N) is 1. The molecule has 0 spiro atoms. The fourth-order valence-electron chi connectivity index (χ4n) is 2.49. The van der Waals surface area contributed by atoms with Crippen molar-refractivity contribution in [3.8, 4) is 11.5 Å². The van der Waals surface area contributed by atoms with Crippen LogP contribution >= 0.6 is 0 Å². The number of carbonyl (C=O) groups is 1. The molecule has 2 rings (SSSR count). The number of hydrogen-bond donors (Lipinski definition) is 1. The summed E-state index contributed by atoms with van der Waals surface area (Å²) in [6.07, 6.45) is -3.71. The zero-order valence-electron chi connectivity index (χ0n) is 16.3. The number of hydrogen-bond acceptors (Lipinski definition) is 7. The summed E-state index contributed by atoms with van der Waals surface area (Å²) >= 11 is 0. The predicted octanol–water partition coefficient (Wildman–Crippen LogP) is 4.12. The van der Waals surface area contributed by atoms with Crippen molar-refractivity contribution < 1.29 is 27.4 Å². The number of rotatable bonds is 11. The van der Waals surface area contributed by atoms with E-state index in [2.05, 4.69) is 28.7 Å². The first kappa shape index (κ1) is 22.9. The average Bonchev–Trinajstić information content (AvgIpc) is 2.74. The molecule has 0 radical (unpaired) electrons. The summed E-state index contributed by atoms with van der Waals surface area (Å²) in [6, 6.07) is 9.17. The van der Waals surface area contributed by atoms with Crippen LogP contribution in [0.15, 0.2) is 46.4 Å². The highest BCUT2D eigenvalue weighted by atomic mass is 19.4. The van der Waals surface area contributed by atoms with E-state index >= 15 is 0 Å². The predicted molar refractivity (Wildman–Crippen MR) is 110 cm³/mol. The zero-order valence-corrected chi connectivity index (χ0v) is 16.3. The Morgan fingerprint density at radius 2 is 1.83 bits per heavy atom. The second-order valence-electron chi connectivity index (χ2n) is 6.11. The quantitative estimate of drug-likeness (QED) is 0.255. The largest absolute Gasteiger partial charge is 0.484 e. The molecule has 0 saturated carbocycles. The van der Waals surface area contributed by atoms with Gasteiger partial charge in [-0.2, -0.15) is 13.2 Å². The van der Waals surface area contributed by atoms with Crippen molar-refractivity contribution >= 4 is 36.8 Å². The lowest BCUT2D eigenvalue weighted by Crippen LogP contribution is -2.33. The van der Waals surface area contributed by atoms with E-state index in [0.717, 1.165) is 12.0 Å². The Hall–Kier alpha value is -3.40. The Morgan fingerprint density at radius 1 is 1.10 bits per heavy atom. The van der Waals surface area contributed by atoms with Crippen molar-refractivity contribution in [3.63, 3.8) is 0 Å². The number of halogens is 3. The third-order valence-electron chi connectivity index (χ3n) is 3.90. The summed E-state index contributed by atoms with van der Waals surface area (Å²) in [4.78, 5) is 20.4. The van der Waals surface area contributed by atoms with Crippen LogP contribution < -0.4 is 19.7 Å². The van der Waals surface area contributed by atoms with Crippen LogP contribution in [0.3, 0.4) is 0 Å². The van der Waals surface area contributed by atoms with Gasteiger partial charge in [-0.15, -0.1) is 0 Å². The van der Waals surface area contributed by atoms with Crippen LogP contribution in [0.25, 0.3) is 0 Å². The van der Waals surface area contributed by atoms with Gasteiger partial charge in [0.15, 0.2) is 12.4 Å². The molecule has 160 valence electrons. The Labute approximate surface area is 171 Å². The zero-order chi connectivity index (χ0) is 22.1. The van der Waals surface area contributed by atoms with Gasteiger partial charge in [0.1, 0.15) is 24.5 Å². The number of carbonyl (C=O) groups excluding carboxylic acids is 1. The van der Waals surface area contributed by atoms with E-state index in [9.17, 15) is 18.0 Å². The minimum absolute atomic E-state index is 0.00353. The smallest absolute Gasteiger partial charge is 0.422 e. The highest BCUT2D eigenvalue weighted by molar-refractivity contribution is 5.81. The van der Waals surface area contributed by atoms with Gasteiger partial charge in [-0.25, -0.2) is 0 Å². The number of aliphatic imine (C=N–C) groups is 2. The molecule has 2 aromatic carbocycles. The van der Waals surface area contributed by atoms with Gasteiger partial charge in [-0.3, -0.25) is 20.1 Å². The van der Waals surface area contributed by atoms with Crippen LogP contribution in [0.5, 0.6) is 11.5 Å². The van der Waals surface area contributed by atoms with E-state index in [1.807, 2.05) is 4.90 Å². The average molecular weight is 422 g/mol. The van der Waals surface area contributed by atoms with Gasteiger partial charge in [0.25, 0.3) is 0 Å². The third kappa shape index (κ3) is 6.59. The summed E-state index contributed by atoms with van der Waals surface area (Å²) in [7, 11) is 1.81. The van der Waals surface area contributed by atoms with Crippen molar-refractivity contribution in [1.82, 2.24) is 5.32 Å². The van der Waals surface area contributed by atoms with Crippen LogP contribution in [-0.2, 0) is 0 Å².